The number of aliphatic hydroxyl groups excluding tert-OH is 1. The van der Waals surface area contributed by atoms with Gasteiger partial charge in [0.15, 0.2) is 0 Å². The van der Waals surface area contributed by atoms with E-state index in [9.17, 15) is 5.11 Å². The quantitative estimate of drug-likeness (QED) is 0.787. The zero-order valence-corrected chi connectivity index (χ0v) is 8.98. The van der Waals surface area contributed by atoms with Gasteiger partial charge in [-0.25, -0.2) is 9.97 Å². The Morgan fingerprint density at radius 3 is 2.93 bits per heavy atom. The number of aliphatic hydroxyl groups is 1. The average molecular weight is 207 g/mol. The zero-order chi connectivity index (χ0) is 10.7. The second kappa shape index (κ2) is 4.14. The Labute approximate surface area is 89.8 Å². The van der Waals surface area contributed by atoms with Crippen molar-refractivity contribution in [2.45, 2.75) is 32.2 Å². The summed E-state index contributed by atoms with van der Waals surface area (Å²) < 4.78 is 0. The van der Waals surface area contributed by atoms with Crippen molar-refractivity contribution in [1.82, 2.24) is 9.97 Å². The highest BCUT2D eigenvalue weighted by Gasteiger charge is 2.38. The van der Waals surface area contributed by atoms with E-state index in [1.165, 1.54) is 0 Å². The number of hydrogen-bond acceptors (Lipinski definition) is 4. The number of nitrogens with one attached hydrogen (secondary N) is 1. The fraction of sp³-hybridized carbons (Fsp3) is 0.636. The van der Waals surface area contributed by atoms with Crippen LogP contribution in [0, 0.1) is 5.41 Å². The summed E-state index contributed by atoms with van der Waals surface area (Å²) in [7, 11) is 0. The molecule has 2 atom stereocenters. The van der Waals surface area contributed by atoms with Crippen molar-refractivity contribution in [3.05, 3.63) is 18.5 Å². The molecule has 1 aliphatic carbocycles. The summed E-state index contributed by atoms with van der Waals surface area (Å²) in [5.41, 5.74) is -0.0286. The van der Waals surface area contributed by atoms with E-state index in [4.69, 9.17) is 0 Å². The lowest BCUT2D eigenvalue weighted by Crippen LogP contribution is -2.36. The molecule has 82 valence electrons. The Morgan fingerprint density at radius 1 is 1.53 bits per heavy atom. The third kappa shape index (κ3) is 2.09. The van der Waals surface area contributed by atoms with Crippen LogP contribution in [0.4, 0.5) is 5.95 Å². The van der Waals surface area contributed by atoms with Crippen LogP contribution in [0.1, 0.15) is 26.2 Å². The molecule has 1 aromatic heterocycles. The zero-order valence-electron chi connectivity index (χ0n) is 8.98. The summed E-state index contributed by atoms with van der Waals surface area (Å²) in [5.74, 6) is 0.657. The SMILES string of the molecule is C[C@]1(CO)CCC[C@@H]1Nc1ncccn1. The molecule has 1 heterocycles. The number of nitrogens with zero attached hydrogens (tertiary/aromatic N) is 2. The molecule has 0 aliphatic heterocycles. The van der Waals surface area contributed by atoms with Crippen molar-refractivity contribution in [3.8, 4) is 0 Å². The van der Waals surface area contributed by atoms with E-state index in [0.717, 1.165) is 19.3 Å². The smallest absolute Gasteiger partial charge is 0.222 e. The fourth-order valence-corrected chi connectivity index (χ4v) is 2.20. The van der Waals surface area contributed by atoms with E-state index >= 15 is 0 Å². The van der Waals surface area contributed by atoms with Crippen LogP contribution in [0.15, 0.2) is 18.5 Å². The Balaban J connectivity index is 2.06. The molecule has 2 rings (SSSR count). The van der Waals surface area contributed by atoms with E-state index in [-0.39, 0.29) is 18.1 Å². The van der Waals surface area contributed by atoms with Crippen LogP contribution >= 0.6 is 0 Å². The van der Waals surface area contributed by atoms with Crippen LogP contribution in [0.5, 0.6) is 0 Å². The van der Waals surface area contributed by atoms with Crippen molar-refractivity contribution >= 4 is 5.95 Å². The first-order valence-corrected chi connectivity index (χ1v) is 5.39. The molecule has 0 aromatic carbocycles. The maximum absolute atomic E-state index is 9.39. The van der Waals surface area contributed by atoms with Gasteiger partial charge in [-0.1, -0.05) is 13.3 Å². The summed E-state index contributed by atoms with van der Waals surface area (Å²) in [6.07, 6.45) is 6.74. The molecule has 1 aromatic rings. The van der Waals surface area contributed by atoms with Crippen LogP contribution in [0.3, 0.4) is 0 Å². The number of hydrogen-bond donors (Lipinski definition) is 2. The Morgan fingerprint density at radius 2 is 2.27 bits per heavy atom. The normalized spacial score (nSPS) is 30.4. The molecule has 0 radical (unpaired) electrons. The van der Waals surface area contributed by atoms with Gasteiger partial charge >= 0.3 is 0 Å². The van der Waals surface area contributed by atoms with Crippen LogP contribution in [0.25, 0.3) is 0 Å². The molecule has 0 amide bonds. The minimum Gasteiger partial charge on any atom is -0.396 e. The van der Waals surface area contributed by atoms with Gasteiger partial charge in [0.2, 0.25) is 5.95 Å². The van der Waals surface area contributed by atoms with Crippen molar-refractivity contribution in [2.24, 2.45) is 5.41 Å². The van der Waals surface area contributed by atoms with Crippen molar-refractivity contribution in [3.63, 3.8) is 0 Å². The lowest BCUT2D eigenvalue weighted by atomic mass is 9.86. The molecule has 2 N–H and O–H groups in total. The van der Waals surface area contributed by atoms with Gasteiger partial charge in [0.25, 0.3) is 0 Å². The number of anilines is 1. The number of rotatable bonds is 3. The first-order chi connectivity index (χ1) is 7.24. The van der Waals surface area contributed by atoms with Crippen molar-refractivity contribution in [1.29, 1.82) is 0 Å². The lowest BCUT2D eigenvalue weighted by Gasteiger charge is -2.29. The maximum Gasteiger partial charge on any atom is 0.222 e. The average Bonchev–Trinajstić information content (AvgIpc) is 2.63. The van der Waals surface area contributed by atoms with E-state index in [2.05, 4.69) is 22.2 Å². The Kier molecular flexibility index (Phi) is 2.86. The van der Waals surface area contributed by atoms with Gasteiger partial charge in [-0.3, -0.25) is 0 Å². The van der Waals surface area contributed by atoms with Crippen LogP contribution in [0.2, 0.25) is 0 Å². The third-order valence-corrected chi connectivity index (χ3v) is 3.31. The van der Waals surface area contributed by atoms with Crippen molar-refractivity contribution in [2.75, 3.05) is 11.9 Å². The minimum atomic E-state index is -0.0286. The molecule has 4 nitrogen and oxygen atoms in total. The molecule has 4 heteroatoms. The molecule has 0 bridgehead atoms. The summed E-state index contributed by atoms with van der Waals surface area (Å²) in [5, 5.41) is 12.7. The second-order valence-electron chi connectivity index (χ2n) is 4.47. The monoisotopic (exact) mass is 207 g/mol. The second-order valence-corrected chi connectivity index (χ2v) is 4.47. The summed E-state index contributed by atoms with van der Waals surface area (Å²) in [6.45, 7) is 2.33. The van der Waals surface area contributed by atoms with Gasteiger partial charge < -0.3 is 10.4 Å². The number of aromatic nitrogens is 2. The minimum absolute atomic E-state index is 0.0286. The highest BCUT2D eigenvalue weighted by Crippen LogP contribution is 2.38. The van der Waals surface area contributed by atoms with Gasteiger partial charge in [-0.05, 0) is 18.9 Å². The molecule has 0 saturated heterocycles. The van der Waals surface area contributed by atoms with Gasteiger partial charge in [-0.15, -0.1) is 0 Å². The van der Waals surface area contributed by atoms with E-state index in [1.54, 1.807) is 18.5 Å². The van der Waals surface area contributed by atoms with Gasteiger partial charge in [0.1, 0.15) is 0 Å². The van der Waals surface area contributed by atoms with Crippen molar-refractivity contribution < 1.29 is 5.11 Å². The topological polar surface area (TPSA) is 58.0 Å². The van der Waals surface area contributed by atoms with E-state index in [1.807, 2.05) is 0 Å². The molecule has 0 unspecified atom stereocenters. The molecule has 15 heavy (non-hydrogen) atoms. The molecule has 1 saturated carbocycles. The predicted molar refractivity (Wildman–Crippen MR) is 58.5 cm³/mol. The standard InChI is InChI=1S/C11H17N3O/c1-11(8-15)5-2-4-9(11)14-10-12-6-3-7-13-10/h3,6-7,9,15H,2,4-5,8H2,1H3,(H,12,13,14)/t9-,11+/m0/s1. The Hall–Kier alpha value is -1.16. The molecule has 1 fully saturated rings. The molecule has 0 spiro atoms. The Bertz CT molecular complexity index is 317. The first kappa shape index (κ1) is 10.4. The summed E-state index contributed by atoms with van der Waals surface area (Å²) >= 11 is 0. The third-order valence-electron chi connectivity index (χ3n) is 3.31. The predicted octanol–water partition coefficient (Wildman–Crippen LogP) is 1.44. The van der Waals surface area contributed by atoms with Crippen LogP contribution in [-0.4, -0.2) is 27.7 Å². The fourth-order valence-electron chi connectivity index (χ4n) is 2.20. The highest BCUT2D eigenvalue weighted by atomic mass is 16.3. The van der Waals surface area contributed by atoms with Gasteiger partial charge in [0, 0.05) is 23.9 Å². The first-order valence-electron chi connectivity index (χ1n) is 5.39. The van der Waals surface area contributed by atoms with Gasteiger partial charge in [-0.2, -0.15) is 0 Å². The lowest BCUT2D eigenvalue weighted by molar-refractivity contribution is 0.138. The highest BCUT2D eigenvalue weighted by molar-refractivity contribution is 5.26. The van der Waals surface area contributed by atoms with E-state index in [0.29, 0.717) is 5.95 Å². The molecular formula is C11H17N3O. The van der Waals surface area contributed by atoms with Crippen LogP contribution in [-0.2, 0) is 0 Å². The summed E-state index contributed by atoms with van der Waals surface area (Å²) in [6, 6.07) is 2.08. The van der Waals surface area contributed by atoms with E-state index < -0.39 is 0 Å². The molecule has 1 aliphatic rings. The molecular weight excluding hydrogens is 190 g/mol. The van der Waals surface area contributed by atoms with Gasteiger partial charge in [0.05, 0.1) is 6.61 Å². The maximum atomic E-state index is 9.39. The van der Waals surface area contributed by atoms with Crippen LogP contribution < -0.4 is 5.32 Å². The largest absolute Gasteiger partial charge is 0.396 e. The summed E-state index contributed by atoms with van der Waals surface area (Å²) in [4.78, 5) is 8.28.